The van der Waals surface area contributed by atoms with Crippen molar-refractivity contribution in [1.29, 1.82) is 0 Å². The van der Waals surface area contributed by atoms with E-state index in [1.807, 2.05) is 4.90 Å². The molecule has 0 aromatic carbocycles. The van der Waals surface area contributed by atoms with Crippen LogP contribution >= 0.6 is 0 Å². The van der Waals surface area contributed by atoms with Crippen molar-refractivity contribution < 1.29 is 9.53 Å². The van der Waals surface area contributed by atoms with Crippen LogP contribution in [0, 0.1) is 5.92 Å². The lowest BCUT2D eigenvalue weighted by atomic mass is 10.1. The Hall–Kier alpha value is -1.47. The van der Waals surface area contributed by atoms with Gasteiger partial charge in [-0.25, -0.2) is 4.98 Å². The van der Waals surface area contributed by atoms with Crippen LogP contribution in [0.5, 0.6) is 0 Å². The number of likely N-dealkylation sites (tertiary alicyclic amines) is 1. The number of nitrogens with zero attached hydrogens (tertiary/aromatic N) is 4. The fourth-order valence-electron chi connectivity index (χ4n) is 3.73. The molecule has 1 amide bonds. The summed E-state index contributed by atoms with van der Waals surface area (Å²) in [5.74, 6) is 1.53. The van der Waals surface area contributed by atoms with Crippen molar-refractivity contribution in [1.82, 2.24) is 25.0 Å². The second-order valence-electron chi connectivity index (χ2n) is 6.52. The van der Waals surface area contributed by atoms with Crippen LogP contribution in [0.2, 0.25) is 0 Å². The van der Waals surface area contributed by atoms with Gasteiger partial charge in [-0.05, 0) is 44.7 Å². The fourth-order valence-corrected chi connectivity index (χ4v) is 3.73. The molecule has 2 unspecified atom stereocenters. The molecule has 120 valence electrons. The summed E-state index contributed by atoms with van der Waals surface area (Å²) < 4.78 is 5.57. The standard InChI is InChI=1S/C15H23N5O2/c21-15(13(11-3-4-11)19-5-1-2-6-19)20-7-8-22-9-12(20)14-16-10-17-18-14/h10-13H,1-9H2,(H,16,17,18). The molecule has 1 saturated carbocycles. The van der Waals surface area contributed by atoms with Gasteiger partial charge in [0, 0.05) is 6.54 Å². The van der Waals surface area contributed by atoms with Crippen LogP contribution in [0.25, 0.3) is 0 Å². The molecule has 2 atom stereocenters. The summed E-state index contributed by atoms with van der Waals surface area (Å²) in [7, 11) is 0. The van der Waals surface area contributed by atoms with Crippen LogP contribution in [-0.4, -0.2) is 69.8 Å². The third-order valence-electron chi connectivity index (χ3n) is 5.02. The lowest BCUT2D eigenvalue weighted by Crippen LogP contribution is -2.53. The van der Waals surface area contributed by atoms with Crippen LogP contribution in [0.15, 0.2) is 6.33 Å². The molecule has 1 aromatic heterocycles. The molecule has 2 aliphatic heterocycles. The van der Waals surface area contributed by atoms with E-state index in [2.05, 4.69) is 20.1 Å². The van der Waals surface area contributed by atoms with Crippen LogP contribution in [-0.2, 0) is 9.53 Å². The fraction of sp³-hybridized carbons (Fsp3) is 0.800. The van der Waals surface area contributed by atoms with Gasteiger partial charge >= 0.3 is 0 Å². The maximum Gasteiger partial charge on any atom is 0.241 e. The Morgan fingerprint density at radius 3 is 2.82 bits per heavy atom. The van der Waals surface area contributed by atoms with Gasteiger partial charge in [0.1, 0.15) is 18.2 Å². The number of ether oxygens (including phenoxy) is 1. The van der Waals surface area contributed by atoms with Gasteiger partial charge in [0.15, 0.2) is 0 Å². The van der Waals surface area contributed by atoms with Crippen molar-refractivity contribution in [3.8, 4) is 0 Å². The number of carbonyl (C=O) groups is 1. The topological polar surface area (TPSA) is 74.3 Å². The minimum absolute atomic E-state index is 0.0611. The molecule has 22 heavy (non-hydrogen) atoms. The highest BCUT2D eigenvalue weighted by Gasteiger charge is 2.45. The first-order chi connectivity index (χ1) is 10.8. The normalized spacial score (nSPS) is 28.0. The maximum atomic E-state index is 13.2. The molecular formula is C15H23N5O2. The van der Waals surface area contributed by atoms with Crippen molar-refractivity contribution >= 4 is 5.91 Å². The van der Waals surface area contributed by atoms with Gasteiger partial charge < -0.3 is 9.64 Å². The van der Waals surface area contributed by atoms with Crippen molar-refractivity contribution in [3.05, 3.63) is 12.2 Å². The highest BCUT2D eigenvalue weighted by atomic mass is 16.5. The minimum atomic E-state index is -0.132. The number of rotatable bonds is 4. The molecule has 7 nitrogen and oxygen atoms in total. The first kappa shape index (κ1) is 14.1. The number of hydrogen-bond donors (Lipinski definition) is 1. The smallest absolute Gasteiger partial charge is 0.241 e. The molecule has 0 spiro atoms. The quantitative estimate of drug-likeness (QED) is 0.881. The summed E-state index contributed by atoms with van der Waals surface area (Å²) >= 11 is 0. The minimum Gasteiger partial charge on any atom is -0.377 e. The monoisotopic (exact) mass is 305 g/mol. The zero-order valence-corrected chi connectivity index (χ0v) is 12.8. The van der Waals surface area contributed by atoms with Gasteiger partial charge in [-0.2, -0.15) is 5.10 Å². The number of aromatic amines is 1. The van der Waals surface area contributed by atoms with Crippen LogP contribution < -0.4 is 0 Å². The predicted molar refractivity (Wildman–Crippen MR) is 79.0 cm³/mol. The van der Waals surface area contributed by atoms with Crippen LogP contribution in [0.1, 0.15) is 37.5 Å². The Morgan fingerprint density at radius 2 is 2.14 bits per heavy atom. The zero-order valence-electron chi connectivity index (χ0n) is 12.8. The van der Waals surface area contributed by atoms with Gasteiger partial charge in [0.05, 0.1) is 19.3 Å². The van der Waals surface area contributed by atoms with E-state index in [1.54, 1.807) is 0 Å². The average Bonchev–Trinajstić information content (AvgIpc) is 3.04. The Bertz CT molecular complexity index is 510. The Labute approximate surface area is 130 Å². The molecule has 0 bridgehead atoms. The molecule has 3 aliphatic rings. The molecule has 1 aromatic rings. The number of H-pyrrole nitrogens is 1. The van der Waals surface area contributed by atoms with E-state index in [1.165, 1.54) is 32.0 Å². The van der Waals surface area contributed by atoms with Gasteiger partial charge in [-0.3, -0.25) is 14.8 Å². The number of amides is 1. The number of morpholine rings is 1. The molecular weight excluding hydrogens is 282 g/mol. The van der Waals surface area contributed by atoms with E-state index in [0.717, 1.165) is 18.9 Å². The third kappa shape index (κ3) is 2.63. The Balaban J connectivity index is 1.55. The van der Waals surface area contributed by atoms with Gasteiger partial charge in [-0.1, -0.05) is 0 Å². The van der Waals surface area contributed by atoms with Gasteiger partial charge in [0.25, 0.3) is 0 Å². The van der Waals surface area contributed by atoms with E-state index in [0.29, 0.717) is 25.7 Å². The highest BCUT2D eigenvalue weighted by molar-refractivity contribution is 5.83. The lowest BCUT2D eigenvalue weighted by Gasteiger charge is -2.38. The van der Waals surface area contributed by atoms with Crippen LogP contribution in [0.4, 0.5) is 0 Å². The molecule has 3 fully saturated rings. The van der Waals surface area contributed by atoms with Crippen molar-refractivity contribution in [3.63, 3.8) is 0 Å². The molecule has 0 radical (unpaired) electrons. The molecule has 1 aliphatic carbocycles. The van der Waals surface area contributed by atoms with Crippen molar-refractivity contribution in [2.45, 2.75) is 37.8 Å². The summed E-state index contributed by atoms with van der Waals surface area (Å²) in [6, 6.07) is -0.0707. The van der Waals surface area contributed by atoms with Gasteiger partial charge in [-0.15, -0.1) is 0 Å². The summed E-state index contributed by atoms with van der Waals surface area (Å²) in [4.78, 5) is 21.8. The summed E-state index contributed by atoms with van der Waals surface area (Å²) in [5.41, 5.74) is 0. The van der Waals surface area contributed by atoms with E-state index in [-0.39, 0.29) is 18.0 Å². The summed E-state index contributed by atoms with van der Waals surface area (Å²) in [6.45, 7) is 3.86. The second-order valence-corrected chi connectivity index (χ2v) is 6.52. The van der Waals surface area contributed by atoms with Crippen molar-refractivity contribution in [2.75, 3.05) is 32.8 Å². The first-order valence-corrected chi connectivity index (χ1v) is 8.32. The molecule has 7 heteroatoms. The number of carbonyl (C=O) groups excluding carboxylic acids is 1. The largest absolute Gasteiger partial charge is 0.377 e. The summed E-state index contributed by atoms with van der Waals surface area (Å²) in [6.07, 6.45) is 6.29. The maximum absolute atomic E-state index is 13.2. The third-order valence-corrected chi connectivity index (χ3v) is 5.02. The van der Waals surface area contributed by atoms with E-state index in [4.69, 9.17) is 4.74 Å². The van der Waals surface area contributed by atoms with E-state index >= 15 is 0 Å². The lowest BCUT2D eigenvalue weighted by molar-refractivity contribution is -0.147. The highest BCUT2D eigenvalue weighted by Crippen LogP contribution is 2.38. The zero-order chi connectivity index (χ0) is 14.9. The molecule has 4 rings (SSSR count). The number of hydrogen-bond acceptors (Lipinski definition) is 5. The molecule has 2 saturated heterocycles. The Kier molecular flexibility index (Phi) is 3.83. The molecule has 1 N–H and O–H groups in total. The summed E-state index contributed by atoms with van der Waals surface area (Å²) in [5, 5.41) is 6.82. The number of aromatic nitrogens is 3. The SMILES string of the molecule is O=C(C(C1CC1)N1CCCC1)N1CCOCC1c1ncn[nH]1. The second kappa shape index (κ2) is 5.96. The average molecular weight is 305 g/mol. The van der Waals surface area contributed by atoms with Crippen molar-refractivity contribution in [2.24, 2.45) is 5.92 Å². The Morgan fingerprint density at radius 1 is 1.32 bits per heavy atom. The van der Waals surface area contributed by atoms with Crippen LogP contribution in [0.3, 0.4) is 0 Å². The predicted octanol–water partition coefficient (Wildman–Crippen LogP) is 0.579. The van der Waals surface area contributed by atoms with Gasteiger partial charge in [0.2, 0.25) is 5.91 Å². The van der Waals surface area contributed by atoms with E-state index < -0.39 is 0 Å². The number of nitrogens with one attached hydrogen (secondary N) is 1. The van der Waals surface area contributed by atoms with E-state index in [9.17, 15) is 4.79 Å². The molecule has 3 heterocycles. The first-order valence-electron chi connectivity index (χ1n) is 8.32.